The molecule has 0 N–H and O–H groups in total. The molecule has 0 aliphatic carbocycles. The summed E-state index contributed by atoms with van der Waals surface area (Å²) in [7, 11) is 0. The third kappa shape index (κ3) is 12.0. The van der Waals surface area contributed by atoms with Crippen molar-refractivity contribution >= 4 is 0 Å². The summed E-state index contributed by atoms with van der Waals surface area (Å²) in [5, 5.41) is 0. The molecule has 0 aromatic heterocycles. The lowest BCUT2D eigenvalue weighted by atomic mass is 10.2. The van der Waals surface area contributed by atoms with Crippen molar-refractivity contribution in [1.82, 2.24) is 0 Å². The van der Waals surface area contributed by atoms with Crippen molar-refractivity contribution in [1.29, 1.82) is 0 Å². The van der Waals surface area contributed by atoms with Crippen LogP contribution in [0.5, 0.6) is 0 Å². The molecular weight excluding hydrogens is 172 g/mol. The van der Waals surface area contributed by atoms with E-state index in [1.807, 2.05) is 0 Å². The lowest BCUT2D eigenvalue weighted by Crippen LogP contribution is -1.97. The van der Waals surface area contributed by atoms with Gasteiger partial charge < -0.3 is 4.74 Å². The molecule has 0 atom stereocenters. The molecule has 0 heterocycles. The number of hydrogen-bond donors (Lipinski definition) is 0. The van der Waals surface area contributed by atoms with Gasteiger partial charge >= 0.3 is 0 Å². The van der Waals surface area contributed by atoms with Crippen molar-refractivity contribution in [3.05, 3.63) is 13.8 Å². The van der Waals surface area contributed by atoms with Crippen molar-refractivity contribution in [2.75, 3.05) is 13.2 Å². The van der Waals surface area contributed by atoms with Gasteiger partial charge in [-0.25, -0.2) is 0 Å². The molecule has 0 spiro atoms. The highest BCUT2D eigenvalue weighted by molar-refractivity contribution is 4.46. The number of ether oxygens (including phenoxy) is 1. The maximum Gasteiger partial charge on any atom is 0.0466 e. The molecule has 0 aromatic rings. The van der Waals surface area contributed by atoms with Gasteiger partial charge in [-0.15, -0.1) is 0 Å². The third-order valence-corrected chi connectivity index (χ3v) is 2.33. The maximum atomic E-state index is 5.52. The molecule has 2 radical (unpaired) electrons. The highest BCUT2D eigenvalue weighted by atomic mass is 16.5. The quantitative estimate of drug-likeness (QED) is 0.452. The van der Waals surface area contributed by atoms with Gasteiger partial charge in [-0.3, -0.25) is 0 Å². The van der Waals surface area contributed by atoms with E-state index in [0.717, 1.165) is 26.1 Å². The summed E-state index contributed by atoms with van der Waals surface area (Å²) in [6.45, 7) is 9.53. The fourth-order valence-electron chi connectivity index (χ4n) is 1.39. The van der Waals surface area contributed by atoms with Gasteiger partial charge in [-0.2, -0.15) is 0 Å². The first kappa shape index (κ1) is 14.0. The Morgan fingerprint density at radius 3 is 1.50 bits per heavy atom. The lowest BCUT2D eigenvalue weighted by molar-refractivity contribution is 0.126. The van der Waals surface area contributed by atoms with Gasteiger partial charge in [0.2, 0.25) is 0 Å². The van der Waals surface area contributed by atoms with E-state index >= 15 is 0 Å². The SMILES string of the molecule is [CH2]CCCCCCOCCCCC[CH2]. The van der Waals surface area contributed by atoms with Gasteiger partial charge in [-0.1, -0.05) is 58.8 Å². The fourth-order valence-corrected chi connectivity index (χ4v) is 1.39. The predicted molar refractivity (Wildman–Crippen MR) is 63.1 cm³/mol. The van der Waals surface area contributed by atoms with Crippen LogP contribution in [-0.2, 0) is 4.74 Å². The van der Waals surface area contributed by atoms with Crippen molar-refractivity contribution in [2.45, 2.75) is 57.8 Å². The second-order valence-electron chi connectivity index (χ2n) is 3.79. The zero-order valence-electron chi connectivity index (χ0n) is 9.60. The Kier molecular flexibility index (Phi) is 12.9. The number of unbranched alkanes of at least 4 members (excludes halogenated alkanes) is 7. The van der Waals surface area contributed by atoms with Gasteiger partial charge in [0.05, 0.1) is 0 Å². The fraction of sp³-hybridized carbons (Fsp3) is 0.846. The standard InChI is InChI=1S/C13H26O/c1-3-5-7-9-11-13-14-12-10-8-6-4-2/h1-13H2. The minimum atomic E-state index is 0.940. The van der Waals surface area contributed by atoms with Crippen LogP contribution < -0.4 is 0 Å². The van der Waals surface area contributed by atoms with E-state index in [0.29, 0.717) is 0 Å². The monoisotopic (exact) mass is 198 g/mol. The van der Waals surface area contributed by atoms with Crippen LogP contribution in [0.3, 0.4) is 0 Å². The Labute approximate surface area is 90.2 Å². The summed E-state index contributed by atoms with van der Waals surface area (Å²) in [5.41, 5.74) is 0. The van der Waals surface area contributed by atoms with Crippen LogP contribution in [0, 0.1) is 13.8 Å². The molecule has 0 amide bonds. The molecule has 0 saturated heterocycles. The Morgan fingerprint density at radius 1 is 0.571 bits per heavy atom. The van der Waals surface area contributed by atoms with Gasteiger partial charge in [0.25, 0.3) is 0 Å². The molecule has 0 fully saturated rings. The first-order chi connectivity index (χ1) is 6.91. The Balaban J connectivity index is 2.78. The van der Waals surface area contributed by atoms with Crippen LogP contribution in [0.4, 0.5) is 0 Å². The summed E-state index contributed by atoms with van der Waals surface area (Å²) in [5.74, 6) is 0. The third-order valence-electron chi connectivity index (χ3n) is 2.33. The maximum absolute atomic E-state index is 5.52. The average Bonchev–Trinajstić information content (AvgIpc) is 2.21. The lowest BCUT2D eigenvalue weighted by Gasteiger charge is -2.03. The van der Waals surface area contributed by atoms with E-state index in [-0.39, 0.29) is 0 Å². The van der Waals surface area contributed by atoms with Crippen LogP contribution >= 0.6 is 0 Å². The molecule has 14 heavy (non-hydrogen) atoms. The predicted octanol–water partition coefficient (Wildman–Crippen LogP) is 4.18. The van der Waals surface area contributed by atoms with Crippen molar-refractivity contribution in [2.24, 2.45) is 0 Å². The molecule has 84 valence electrons. The second-order valence-corrected chi connectivity index (χ2v) is 3.79. The Morgan fingerprint density at radius 2 is 1.00 bits per heavy atom. The molecule has 1 nitrogen and oxygen atoms in total. The van der Waals surface area contributed by atoms with E-state index in [2.05, 4.69) is 13.8 Å². The zero-order valence-corrected chi connectivity index (χ0v) is 9.60. The molecule has 0 aromatic carbocycles. The molecule has 1 heteroatoms. The summed E-state index contributed by atoms with van der Waals surface area (Å²) in [4.78, 5) is 0. The molecular formula is C13H26O. The highest BCUT2D eigenvalue weighted by Gasteiger charge is 1.91. The smallest absolute Gasteiger partial charge is 0.0466 e. The largest absolute Gasteiger partial charge is 0.381 e. The number of hydrogen-bond acceptors (Lipinski definition) is 1. The van der Waals surface area contributed by atoms with E-state index in [1.165, 1.54) is 44.9 Å². The van der Waals surface area contributed by atoms with Gasteiger partial charge in [0, 0.05) is 13.2 Å². The molecule has 0 aliphatic heterocycles. The van der Waals surface area contributed by atoms with E-state index in [9.17, 15) is 0 Å². The Hall–Kier alpha value is -0.0400. The minimum Gasteiger partial charge on any atom is -0.381 e. The van der Waals surface area contributed by atoms with Gasteiger partial charge in [-0.05, 0) is 12.8 Å². The normalized spacial score (nSPS) is 10.7. The van der Waals surface area contributed by atoms with Crippen LogP contribution in [0.1, 0.15) is 57.8 Å². The number of rotatable bonds is 11. The molecule has 0 bridgehead atoms. The summed E-state index contributed by atoms with van der Waals surface area (Å²) < 4.78 is 5.52. The molecule has 0 saturated carbocycles. The minimum absolute atomic E-state index is 0.940. The summed E-state index contributed by atoms with van der Waals surface area (Å²) in [6.07, 6.45) is 10.9. The van der Waals surface area contributed by atoms with Gasteiger partial charge in [0.1, 0.15) is 0 Å². The van der Waals surface area contributed by atoms with Crippen molar-refractivity contribution in [3.63, 3.8) is 0 Å². The summed E-state index contributed by atoms with van der Waals surface area (Å²) in [6, 6.07) is 0. The topological polar surface area (TPSA) is 9.23 Å². The van der Waals surface area contributed by atoms with E-state index < -0.39 is 0 Å². The molecule has 0 unspecified atom stereocenters. The van der Waals surface area contributed by atoms with Crippen molar-refractivity contribution < 1.29 is 4.74 Å². The van der Waals surface area contributed by atoms with Crippen LogP contribution in [0.2, 0.25) is 0 Å². The second kappa shape index (κ2) is 13.0. The molecule has 0 rings (SSSR count). The summed E-state index contributed by atoms with van der Waals surface area (Å²) >= 11 is 0. The Bertz CT molecular complexity index is 79.2. The average molecular weight is 198 g/mol. The van der Waals surface area contributed by atoms with E-state index in [1.54, 1.807) is 0 Å². The van der Waals surface area contributed by atoms with E-state index in [4.69, 9.17) is 4.74 Å². The van der Waals surface area contributed by atoms with Crippen LogP contribution in [0.25, 0.3) is 0 Å². The highest BCUT2D eigenvalue weighted by Crippen LogP contribution is 2.03. The van der Waals surface area contributed by atoms with Crippen LogP contribution in [0.15, 0.2) is 0 Å². The van der Waals surface area contributed by atoms with Crippen LogP contribution in [-0.4, -0.2) is 13.2 Å². The van der Waals surface area contributed by atoms with Gasteiger partial charge in [0.15, 0.2) is 0 Å². The first-order valence-electron chi connectivity index (χ1n) is 6.08. The zero-order chi connectivity index (χ0) is 10.5. The molecule has 0 aliphatic rings. The first-order valence-corrected chi connectivity index (χ1v) is 6.08. The van der Waals surface area contributed by atoms with Crippen molar-refractivity contribution in [3.8, 4) is 0 Å².